The molecule has 1 fully saturated rings. The first-order chi connectivity index (χ1) is 10.1. The summed E-state index contributed by atoms with van der Waals surface area (Å²) >= 11 is 0. The highest BCUT2D eigenvalue weighted by Gasteiger charge is 2.22. The van der Waals surface area contributed by atoms with E-state index in [1.807, 2.05) is 30.0 Å². The first-order valence-corrected chi connectivity index (χ1v) is 7.73. The standard InChI is InChI=1S/C17H24N2O2/c1-13-7-3-4-9-15(13)17(21)18-11-10-16(20)19-12-6-5-8-14(19)2/h3-4,7,9,14H,5-6,8,10-12H2,1-2H3,(H,18,21)/t14-/m0/s1. The van der Waals surface area contributed by atoms with E-state index >= 15 is 0 Å². The van der Waals surface area contributed by atoms with Crippen molar-refractivity contribution in [2.24, 2.45) is 0 Å². The molecule has 1 atom stereocenters. The molecule has 1 aliphatic rings. The van der Waals surface area contributed by atoms with Crippen LogP contribution >= 0.6 is 0 Å². The molecular weight excluding hydrogens is 264 g/mol. The topological polar surface area (TPSA) is 49.4 Å². The molecule has 0 aromatic heterocycles. The maximum absolute atomic E-state index is 12.2. The molecule has 4 nitrogen and oxygen atoms in total. The SMILES string of the molecule is Cc1ccccc1C(=O)NCCC(=O)N1CCCC[C@@H]1C. The fourth-order valence-corrected chi connectivity index (χ4v) is 2.82. The highest BCUT2D eigenvalue weighted by molar-refractivity contribution is 5.95. The zero-order valence-corrected chi connectivity index (χ0v) is 12.9. The summed E-state index contributed by atoms with van der Waals surface area (Å²) in [5.74, 6) is 0.0416. The number of hydrogen-bond acceptors (Lipinski definition) is 2. The Balaban J connectivity index is 1.80. The monoisotopic (exact) mass is 288 g/mol. The van der Waals surface area contributed by atoms with Gasteiger partial charge in [-0.2, -0.15) is 0 Å². The fraction of sp³-hybridized carbons (Fsp3) is 0.529. The fourth-order valence-electron chi connectivity index (χ4n) is 2.82. The number of piperidine rings is 1. The number of rotatable bonds is 4. The molecule has 1 aromatic carbocycles. The van der Waals surface area contributed by atoms with Crippen molar-refractivity contribution in [2.75, 3.05) is 13.1 Å². The summed E-state index contributed by atoms with van der Waals surface area (Å²) in [6.45, 7) is 5.26. The predicted octanol–water partition coefficient (Wildman–Crippen LogP) is 2.52. The van der Waals surface area contributed by atoms with Crippen LogP contribution < -0.4 is 5.32 Å². The summed E-state index contributed by atoms with van der Waals surface area (Å²) in [5.41, 5.74) is 1.63. The van der Waals surface area contributed by atoms with Crippen molar-refractivity contribution >= 4 is 11.8 Å². The van der Waals surface area contributed by atoms with Crippen LogP contribution in [0.2, 0.25) is 0 Å². The van der Waals surface area contributed by atoms with Gasteiger partial charge in [-0.1, -0.05) is 18.2 Å². The number of likely N-dealkylation sites (tertiary alicyclic amines) is 1. The van der Waals surface area contributed by atoms with Gasteiger partial charge in [0, 0.05) is 31.1 Å². The van der Waals surface area contributed by atoms with E-state index in [-0.39, 0.29) is 11.8 Å². The molecular formula is C17H24N2O2. The molecule has 4 heteroatoms. The Morgan fingerprint density at radius 2 is 2.05 bits per heavy atom. The molecule has 1 saturated heterocycles. The third kappa shape index (κ3) is 4.06. The van der Waals surface area contributed by atoms with Gasteiger partial charge in [0.05, 0.1) is 0 Å². The Kier molecular flexibility index (Phi) is 5.37. The summed E-state index contributed by atoms with van der Waals surface area (Å²) in [6.07, 6.45) is 3.75. The minimum absolute atomic E-state index is 0.104. The Morgan fingerprint density at radius 1 is 1.29 bits per heavy atom. The van der Waals surface area contributed by atoms with Gasteiger partial charge in [-0.05, 0) is 44.7 Å². The van der Waals surface area contributed by atoms with E-state index in [9.17, 15) is 9.59 Å². The molecule has 2 amide bonds. The molecule has 2 rings (SSSR count). The Hall–Kier alpha value is -1.84. The van der Waals surface area contributed by atoms with Crippen LogP contribution in [-0.2, 0) is 4.79 Å². The number of carbonyl (C=O) groups excluding carboxylic acids is 2. The number of carbonyl (C=O) groups is 2. The van der Waals surface area contributed by atoms with Crippen molar-refractivity contribution in [3.8, 4) is 0 Å². The van der Waals surface area contributed by atoms with Gasteiger partial charge in [0.25, 0.3) is 5.91 Å². The Morgan fingerprint density at radius 3 is 2.76 bits per heavy atom. The minimum atomic E-state index is -0.104. The zero-order valence-electron chi connectivity index (χ0n) is 12.9. The van der Waals surface area contributed by atoms with Gasteiger partial charge in [0.2, 0.25) is 5.91 Å². The molecule has 1 aliphatic heterocycles. The number of nitrogens with zero attached hydrogens (tertiary/aromatic N) is 1. The second kappa shape index (κ2) is 7.25. The Labute approximate surface area is 126 Å². The van der Waals surface area contributed by atoms with E-state index in [1.54, 1.807) is 6.07 Å². The second-order valence-corrected chi connectivity index (χ2v) is 5.75. The highest BCUT2D eigenvalue weighted by Crippen LogP contribution is 2.17. The first kappa shape index (κ1) is 15.5. The van der Waals surface area contributed by atoms with Crippen LogP contribution in [0, 0.1) is 6.92 Å². The summed E-state index contributed by atoms with van der Waals surface area (Å²) in [7, 11) is 0. The maximum Gasteiger partial charge on any atom is 0.251 e. The van der Waals surface area contributed by atoms with Crippen LogP contribution in [-0.4, -0.2) is 35.8 Å². The second-order valence-electron chi connectivity index (χ2n) is 5.75. The molecule has 0 spiro atoms. The van der Waals surface area contributed by atoms with Crippen LogP contribution in [0.15, 0.2) is 24.3 Å². The number of amides is 2. The van der Waals surface area contributed by atoms with Crippen molar-refractivity contribution < 1.29 is 9.59 Å². The van der Waals surface area contributed by atoms with Gasteiger partial charge in [-0.25, -0.2) is 0 Å². The van der Waals surface area contributed by atoms with Gasteiger partial charge in [-0.3, -0.25) is 9.59 Å². The number of nitrogens with one attached hydrogen (secondary N) is 1. The highest BCUT2D eigenvalue weighted by atomic mass is 16.2. The zero-order chi connectivity index (χ0) is 15.2. The van der Waals surface area contributed by atoms with Crippen molar-refractivity contribution in [3.63, 3.8) is 0 Å². The molecule has 21 heavy (non-hydrogen) atoms. The van der Waals surface area contributed by atoms with E-state index in [1.165, 1.54) is 6.42 Å². The minimum Gasteiger partial charge on any atom is -0.352 e. The number of hydrogen-bond donors (Lipinski definition) is 1. The Bertz CT molecular complexity index is 513. The molecule has 0 unspecified atom stereocenters. The van der Waals surface area contributed by atoms with Crippen molar-refractivity contribution in [1.82, 2.24) is 10.2 Å². The first-order valence-electron chi connectivity index (χ1n) is 7.73. The molecule has 0 bridgehead atoms. The molecule has 0 aliphatic carbocycles. The van der Waals surface area contributed by atoms with Crippen LogP contribution in [0.3, 0.4) is 0 Å². The van der Waals surface area contributed by atoms with Gasteiger partial charge < -0.3 is 10.2 Å². The molecule has 114 valence electrons. The normalized spacial score (nSPS) is 18.4. The van der Waals surface area contributed by atoms with Crippen molar-refractivity contribution in [1.29, 1.82) is 0 Å². The van der Waals surface area contributed by atoms with Gasteiger partial charge >= 0.3 is 0 Å². The van der Waals surface area contributed by atoms with E-state index < -0.39 is 0 Å². The lowest BCUT2D eigenvalue weighted by atomic mass is 10.0. The van der Waals surface area contributed by atoms with Gasteiger partial charge in [0.15, 0.2) is 0 Å². The maximum atomic E-state index is 12.2. The largest absolute Gasteiger partial charge is 0.352 e. The van der Waals surface area contributed by atoms with Crippen LogP contribution in [0.1, 0.15) is 48.5 Å². The molecule has 0 saturated carbocycles. The van der Waals surface area contributed by atoms with E-state index in [4.69, 9.17) is 0 Å². The van der Waals surface area contributed by atoms with Crippen molar-refractivity contribution in [2.45, 2.75) is 45.6 Å². The lowest BCUT2D eigenvalue weighted by Crippen LogP contribution is -2.43. The van der Waals surface area contributed by atoms with Gasteiger partial charge in [0.1, 0.15) is 0 Å². The quantitative estimate of drug-likeness (QED) is 0.925. The third-order valence-electron chi connectivity index (χ3n) is 4.14. The summed E-state index contributed by atoms with van der Waals surface area (Å²) in [4.78, 5) is 26.2. The van der Waals surface area contributed by atoms with E-state index in [2.05, 4.69) is 12.2 Å². The molecule has 0 radical (unpaired) electrons. The summed E-state index contributed by atoms with van der Waals surface area (Å²) in [6, 6.07) is 7.81. The van der Waals surface area contributed by atoms with Crippen molar-refractivity contribution in [3.05, 3.63) is 35.4 Å². The average molecular weight is 288 g/mol. The number of aryl methyl sites for hydroxylation is 1. The molecule has 1 heterocycles. The summed E-state index contributed by atoms with van der Waals surface area (Å²) < 4.78 is 0. The smallest absolute Gasteiger partial charge is 0.251 e. The third-order valence-corrected chi connectivity index (χ3v) is 4.14. The summed E-state index contributed by atoms with van der Waals surface area (Å²) in [5, 5.41) is 2.84. The van der Waals surface area contributed by atoms with Crippen LogP contribution in [0.4, 0.5) is 0 Å². The van der Waals surface area contributed by atoms with Gasteiger partial charge in [-0.15, -0.1) is 0 Å². The van der Waals surface area contributed by atoms with Crippen LogP contribution in [0.25, 0.3) is 0 Å². The number of benzene rings is 1. The lowest BCUT2D eigenvalue weighted by molar-refractivity contribution is -0.134. The molecule has 1 N–H and O–H groups in total. The van der Waals surface area contributed by atoms with E-state index in [0.717, 1.165) is 24.9 Å². The average Bonchev–Trinajstić information content (AvgIpc) is 2.48. The van der Waals surface area contributed by atoms with E-state index in [0.29, 0.717) is 24.6 Å². The predicted molar refractivity (Wildman–Crippen MR) is 83.2 cm³/mol. The van der Waals surface area contributed by atoms with Crippen LogP contribution in [0.5, 0.6) is 0 Å². The lowest BCUT2D eigenvalue weighted by Gasteiger charge is -2.33. The molecule has 1 aromatic rings.